The van der Waals surface area contributed by atoms with Crippen LogP contribution in [0.15, 0.2) is 54.6 Å². The Balaban J connectivity index is 2.25. The molecular formula is C13H9Cl4O2P. The number of rotatable bonds is 1. The molecule has 106 valence electrons. The van der Waals surface area contributed by atoms with Crippen LogP contribution in [0, 0.1) is 0 Å². The van der Waals surface area contributed by atoms with Gasteiger partial charge in [-0.2, -0.15) is 0 Å². The van der Waals surface area contributed by atoms with Gasteiger partial charge in [0.1, 0.15) is 0 Å². The first kappa shape index (κ1) is 14.7. The van der Waals surface area contributed by atoms with Gasteiger partial charge in [0.25, 0.3) is 0 Å². The fourth-order valence-corrected chi connectivity index (χ4v) is 5.77. The standard InChI is InChI=1S/C13H9Cl4O2P/c14-13(10-6-2-1-3-7-10)11-8-4-5-9-12(11)18-20(15,16,17)19-13/h1-9H/t13-/m0/s1. The quantitative estimate of drug-likeness (QED) is 0.428. The summed E-state index contributed by atoms with van der Waals surface area (Å²) >= 11 is 25.0. The van der Waals surface area contributed by atoms with Gasteiger partial charge in [0.15, 0.2) is 0 Å². The third-order valence-corrected chi connectivity index (χ3v) is 5.77. The Hall–Kier alpha value is -0.210. The van der Waals surface area contributed by atoms with Crippen molar-refractivity contribution in [3.8, 4) is 5.75 Å². The number of halogens is 4. The summed E-state index contributed by atoms with van der Waals surface area (Å²) in [6.07, 6.45) is 0. The molecule has 1 aliphatic rings. The van der Waals surface area contributed by atoms with Gasteiger partial charge in [0.2, 0.25) is 0 Å². The molecule has 0 amide bonds. The maximum absolute atomic E-state index is 6.68. The molecule has 2 nitrogen and oxygen atoms in total. The zero-order valence-corrected chi connectivity index (χ0v) is 13.9. The van der Waals surface area contributed by atoms with Gasteiger partial charge in [-0.3, -0.25) is 0 Å². The summed E-state index contributed by atoms with van der Waals surface area (Å²) in [5.41, 5.74) is 1.28. The van der Waals surface area contributed by atoms with E-state index in [2.05, 4.69) is 0 Å². The van der Waals surface area contributed by atoms with Gasteiger partial charge in [-0.25, -0.2) is 0 Å². The number of alkyl halides is 1. The molecule has 2 aromatic rings. The summed E-state index contributed by atoms with van der Waals surface area (Å²) in [7, 11) is 0. The van der Waals surface area contributed by atoms with Crippen LogP contribution < -0.4 is 4.52 Å². The number of hydrogen-bond donors (Lipinski definition) is 0. The zero-order valence-electron chi connectivity index (χ0n) is 9.97. The summed E-state index contributed by atoms with van der Waals surface area (Å²) in [5.74, 6) is 0.412. The summed E-state index contributed by atoms with van der Waals surface area (Å²) in [6.45, 7) is 0. The molecule has 1 atom stereocenters. The first-order chi connectivity index (χ1) is 9.28. The van der Waals surface area contributed by atoms with Crippen molar-refractivity contribution in [2.24, 2.45) is 0 Å². The van der Waals surface area contributed by atoms with Crippen LogP contribution in [-0.2, 0) is 9.58 Å². The zero-order chi connectivity index (χ0) is 14.5. The van der Waals surface area contributed by atoms with E-state index < -0.39 is 10.2 Å². The number of hydrogen-bond acceptors (Lipinski definition) is 2. The van der Waals surface area contributed by atoms with E-state index in [9.17, 15) is 0 Å². The van der Waals surface area contributed by atoms with Gasteiger partial charge in [0.05, 0.1) is 0 Å². The average molecular weight is 370 g/mol. The molecule has 7 heteroatoms. The van der Waals surface area contributed by atoms with E-state index in [-0.39, 0.29) is 0 Å². The summed E-state index contributed by atoms with van der Waals surface area (Å²) < 4.78 is 11.1. The molecule has 3 rings (SSSR count). The van der Waals surface area contributed by atoms with Gasteiger partial charge in [-0.1, -0.05) is 0 Å². The number of benzene rings is 2. The Labute approximate surface area is 136 Å². The first-order valence-corrected chi connectivity index (χ1v) is 10.9. The molecule has 1 aliphatic heterocycles. The number of para-hydroxylation sites is 1. The Bertz CT molecular complexity index is 656. The second kappa shape index (κ2) is 4.64. The predicted molar refractivity (Wildman–Crippen MR) is 85.7 cm³/mol. The molecule has 1 heterocycles. The summed E-state index contributed by atoms with van der Waals surface area (Å²) in [5, 5.41) is -5.74. The Morgan fingerprint density at radius 1 is 0.850 bits per heavy atom. The van der Waals surface area contributed by atoms with E-state index >= 15 is 0 Å². The predicted octanol–water partition coefficient (Wildman–Crippen LogP) is 6.38. The van der Waals surface area contributed by atoms with Crippen molar-refractivity contribution in [3.05, 3.63) is 65.7 Å². The molecule has 20 heavy (non-hydrogen) atoms. The molecule has 0 bridgehead atoms. The van der Waals surface area contributed by atoms with Gasteiger partial charge in [0, 0.05) is 0 Å². The monoisotopic (exact) mass is 368 g/mol. The second-order valence-electron chi connectivity index (χ2n) is 4.32. The minimum atomic E-state index is -4.35. The topological polar surface area (TPSA) is 18.5 Å². The third kappa shape index (κ3) is 2.62. The molecule has 0 radical (unpaired) electrons. The minimum absolute atomic E-state index is 0.412. The van der Waals surface area contributed by atoms with Crippen molar-refractivity contribution < 1.29 is 9.05 Å². The van der Waals surface area contributed by atoms with E-state index in [0.29, 0.717) is 16.9 Å². The van der Waals surface area contributed by atoms with E-state index in [1.165, 1.54) is 0 Å². The van der Waals surface area contributed by atoms with Gasteiger partial charge >= 0.3 is 136 Å². The molecule has 0 aromatic heterocycles. The Morgan fingerprint density at radius 3 is 2.15 bits per heavy atom. The van der Waals surface area contributed by atoms with E-state index in [4.69, 9.17) is 54.4 Å². The maximum atomic E-state index is 6.68. The summed E-state index contributed by atoms with van der Waals surface area (Å²) in [6, 6.07) is 16.3. The van der Waals surface area contributed by atoms with Crippen LogP contribution in [0.4, 0.5) is 0 Å². The number of fused-ring (bicyclic) bond motifs is 1. The van der Waals surface area contributed by atoms with Crippen LogP contribution in [0.3, 0.4) is 0 Å². The average Bonchev–Trinajstić information content (AvgIpc) is 2.37. The third-order valence-electron chi connectivity index (χ3n) is 2.88. The molecule has 0 unspecified atom stereocenters. The second-order valence-corrected chi connectivity index (χ2v) is 13.7. The van der Waals surface area contributed by atoms with Gasteiger partial charge < -0.3 is 0 Å². The van der Waals surface area contributed by atoms with Crippen LogP contribution in [0.5, 0.6) is 5.75 Å². The van der Waals surface area contributed by atoms with E-state index in [0.717, 1.165) is 0 Å². The van der Waals surface area contributed by atoms with Crippen molar-refractivity contribution in [3.63, 3.8) is 0 Å². The van der Waals surface area contributed by atoms with Crippen LogP contribution in [-0.4, -0.2) is 0 Å². The molecule has 0 aliphatic carbocycles. The normalized spacial score (nSPS) is 28.5. The summed E-state index contributed by atoms with van der Waals surface area (Å²) in [4.78, 5) is 0. The molecule has 0 saturated heterocycles. The van der Waals surface area contributed by atoms with Gasteiger partial charge in [-0.15, -0.1) is 0 Å². The SMILES string of the molecule is Cl[C@@]1(c2ccccc2)OP(Cl)(Cl)(Cl)Oc2ccccc21. The molecule has 0 saturated carbocycles. The van der Waals surface area contributed by atoms with Gasteiger partial charge in [-0.05, 0) is 0 Å². The van der Waals surface area contributed by atoms with E-state index in [1.807, 2.05) is 36.4 Å². The van der Waals surface area contributed by atoms with Crippen LogP contribution in [0.2, 0.25) is 0 Å². The van der Waals surface area contributed by atoms with Crippen molar-refractivity contribution in [1.29, 1.82) is 0 Å². The van der Waals surface area contributed by atoms with E-state index in [1.54, 1.807) is 18.2 Å². The Morgan fingerprint density at radius 2 is 1.45 bits per heavy atom. The fourth-order valence-electron chi connectivity index (χ4n) is 2.09. The van der Waals surface area contributed by atoms with Crippen molar-refractivity contribution in [2.75, 3.05) is 0 Å². The molecular weight excluding hydrogens is 361 g/mol. The molecule has 0 spiro atoms. The van der Waals surface area contributed by atoms with Crippen LogP contribution in [0.1, 0.15) is 11.1 Å². The Kier molecular flexibility index (Phi) is 3.42. The van der Waals surface area contributed by atoms with Crippen LogP contribution >= 0.6 is 50.4 Å². The van der Waals surface area contributed by atoms with Crippen LogP contribution in [0.25, 0.3) is 0 Å². The molecule has 0 N–H and O–H groups in total. The van der Waals surface area contributed by atoms with Crippen molar-refractivity contribution in [1.82, 2.24) is 0 Å². The van der Waals surface area contributed by atoms with Crippen molar-refractivity contribution >= 4 is 50.4 Å². The first-order valence-electron chi connectivity index (χ1n) is 5.71. The van der Waals surface area contributed by atoms with Crippen molar-refractivity contribution in [2.45, 2.75) is 5.06 Å². The fraction of sp³-hybridized carbons (Fsp3) is 0.0769. The molecule has 0 fully saturated rings. The molecule has 2 aromatic carbocycles.